The van der Waals surface area contributed by atoms with E-state index >= 15 is 0 Å². The molecule has 0 bridgehead atoms. The highest BCUT2D eigenvalue weighted by atomic mass is 32.2. The van der Waals surface area contributed by atoms with Gasteiger partial charge in [0, 0.05) is 18.9 Å². The van der Waals surface area contributed by atoms with Gasteiger partial charge >= 0.3 is 0 Å². The molecule has 3 rings (SSSR count). The molecule has 0 aliphatic heterocycles. The number of halogens is 1. The Bertz CT molecular complexity index is 1020. The topological polar surface area (TPSA) is 92.6 Å². The van der Waals surface area contributed by atoms with Gasteiger partial charge in [0.25, 0.3) is 0 Å². The summed E-state index contributed by atoms with van der Waals surface area (Å²) in [6.45, 7) is -0.0235. The summed E-state index contributed by atoms with van der Waals surface area (Å²) >= 11 is 0. The molecule has 0 aliphatic rings. The van der Waals surface area contributed by atoms with E-state index in [2.05, 4.69) is 15.1 Å². The lowest BCUT2D eigenvalue weighted by Crippen LogP contribution is -2.32. The molecule has 7 nitrogen and oxygen atoms in total. The van der Waals surface area contributed by atoms with Crippen molar-refractivity contribution in [2.75, 3.05) is 17.0 Å². The van der Waals surface area contributed by atoms with E-state index in [9.17, 15) is 17.6 Å². The van der Waals surface area contributed by atoms with E-state index in [4.69, 9.17) is 0 Å². The molecule has 3 aromatic rings. The van der Waals surface area contributed by atoms with Crippen molar-refractivity contribution >= 4 is 27.1 Å². The van der Waals surface area contributed by atoms with Crippen LogP contribution >= 0.6 is 0 Å². The lowest BCUT2D eigenvalue weighted by atomic mass is 10.1. The quantitative estimate of drug-likeness (QED) is 0.655. The lowest BCUT2D eigenvalue weighted by molar-refractivity contribution is -0.120. The molecule has 1 aromatic carbocycles. The van der Waals surface area contributed by atoms with Crippen molar-refractivity contribution < 1.29 is 17.6 Å². The fourth-order valence-corrected chi connectivity index (χ4v) is 3.35. The van der Waals surface area contributed by atoms with Crippen LogP contribution in [0.1, 0.15) is 5.56 Å². The highest BCUT2D eigenvalue weighted by Gasteiger charge is 2.12. The Morgan fingerprint density at radius 2 is 1.92 bits per heavy atom. The molecule has 0 spiro atoms. The van der Waals surface area contributed by atoms with Gasteiger partial charge in [-0.2, -0.15) is 5.10 Å². The van der Waals surface area contributed by atoms with Crippen molar-refractivity contribution in [3.8, 4) is 0 Å². The molecular formula is C17H17FN4O3S. The van der Waals surface area contributed by atoms with E-state index in [1.165, 1.54) is 24.3 Å². The van der Waals surface area contributed by atoms with Gasteiger partial charge in [0.1, 0.15) is 5.82 Å². The van der Waals surface area contributed by atoms with E-state index in [1.54, 1.807) is 35.1 Å². The molecule has 0 unspecified atom stereocenters. The first-order valence-corrected chi connectivity index (χ1v) is 9.51. The number of aromatic nitrogens is 2. The Labute approximate surface area is 149 Å². The van der Waals surface area contributed by atoms with Gasteiger partial charge in [-0.3, -0.25) is 9.52 Å². The molecule has 136 valence electrons. The predicted octanol–water partition coefficient (Wildman–Crippen LogP) is 1.57. The Kier molecular flexibility index (Phi) is 5.17. The Hall–Kier alpha value is -2.94. The summed E-state index contributed by atoms with van der Waals surface area (Å²) in [5.41, 5.74) is 1.84. The average molecular weight is 376 g/mol. The molecule has 0 saturated carbocycles. The van der Waals surface area contributed by atoms with E-state index < -0.39 is 10.0 Å². The van der Waals surface area contributed by atoms with Crippen LogP contribution in [0.25, 0.3) is 5.52 Å². The largest absolute Gasteiger partial charge is 0.355 e. The molecule has 0 saturated heterocycles. The van der Waals surface area contributed by atoms with Gasteiger partial charge in [-0.25, -0.2) is 17.3 Å². The van der Waals surface area contributed by atoms with Crippen molar-refractivity contribution in [2.45, 2.75) is 6.42 Å². The minimum Gasteiger partial charge on any atom is -0.355 e. The van der Waals surface area contributed by atoms with Gasteiger partial charge in [0.05, 0.1) is 23.4 Å². The average Bonchev–Trinajstić information content (AvgIpc) is 3.04. The molecule has 0 atom stereocenters. The second-order valence-corrected chi connectivity index (χ2v) is 7.53. The van der Waals surface area contributed by atoms with E-state index in [0.717, 1.165) is 5.52 Å². The molecule has 26 heavy (non-hydrogen) atoms. The van der Waals surface area contributed by atoms with Crippen LogP contribution < -0.4 is 10.0 Å². The highest BCUT2D eigenvalue weighted by molar-refractivity contribution is 7.92. The number of pyridine rings is 1. The normalized spacial score (nSPS) is 11.4. The minimum absolute atomic E-state index is 0.0235. The van der Waals surface area contributed by atoms with Crippen LogP contribution in [-0.4, -0.2) is 36.2 Å². The third kappa shape index (κ3) is 4.79. The van der Waals surface area contributed by atoms with Crippen molar-refractivity contribution in [3.63, 3.8) is 0 Å². The second kappa shape index (κ2) is 7.52. The second-order valence-electron chi connectivity index (χ2n) is 5.69. The number of benzene rings is 1. The van der Waals surface area contributed by atoms with E-state index in [-0.39, 0.29) is 30.4 Å². The number of hydrogen-bond donors (Lipinski definition) is 2. The number of anilines is 1. The first-order valence-electron chi connectivity index (χ1n) is 7.86. The van der Waals surface area contributed by atoms with Gasteiger partial charge in [0.15, 0.2) is 0 Å². The van der Waals surface area contributed by atoms with Crippen LogP contribution in [0.2, 0.25) is 0 Å². The van der Waals surface area contributed by atoms with Crippen LogP contribution in [-0.2, 0) is 21.2 Å². The molecule has 2 heterocycles. The Morgan fingerprint density at radius 3 is 2.69 bits per heavy atom. The molecule has 2 N–H and O–H groups in total. The summed E-state index contributed by atoms with van der Waals surface area (Å²) in [7, 11) is -3.60. The van der Waals surface area contributed by atoms with Gasteiger partial charge in [-0.1, -0.05) is 12.1 Å². The maximum absolute atomic E-state index is 12.8. The molecule has 1 amide bonds. The Balaban J connectivity index is 1.49. The standard InChI is InChI=1S/C17H17FN4O3S/c18-14-3-1-13(2-4-14)11-17(23)19-8-10-26(24,25)21-15-6-9-22-16(12-15)5-7-20-22/h1-7,9,12,21H,8,10-11H2,(H,19,23). The zero-order valence-electron chi connectivity index (χ0n) is 13.7. The van der Waals surface area contributed by atoms with E-state index in [0.29, 0.717) is 11.3 Å². The number of carbonyl (C=O) groups excluding carboxylic acids is 1. The van der Waals surface area contributed by atoms with Crippen molar-refractivity contribution in [1.82, 2.24) is 14.9 Å². The van der Waals surface area contributed by atoms with Gasteiger partial charge in [0.2, 0.25) is 15.9 Å². The molecule has 0 radical (unpaired) electrons. The maximum atomic E-state index is 12.8. The number of fused-ring (bicyclic) bond motifs is 1. The zero-order valence-corrected chi connectivity index (χ0v) is 14.5. The summed E-state index contributed by atoms with van der Waals surface area (Å²) in [6.07, 6.45) is 3.33. The van der Waals surface area contributed by atoms with Crippen LogP contribution in [0, 0.1) is 5.82 Å². The van der Waals surface area contributed by atoms with Crippen LogP contribution in [0.4, 0.5) is 10.1 Å². The molecule has 0 fully saturated rings. The number of nitrogens with zero attached hydrogens (tertiary/aromatic N) is 2. The SMILES string of the molecule is O=C(Cc1ccc(F)cc1)NCCS(=O)(=O)Nc1ccn2nccc2c1. The number of rotatable bonds is 7. The van der Waals surface area contributed by atoms with Crippen LogP contribution in [0.15, 0.2) is 54.9 Å². The predicted molar refractivity (Wildman–Crippen MR) is 95.7 cm³/mol. The van der Waals surface area contributed by atoms with Crippen molar-refractivity contribution in [1.29, 1.82) is 0 Å². The first kappa shape index (κ1) is 17.9. The monoisotopic (exact) mass is 376 g/mol. The minimum atomic E-state index is -3.60. The number of carbonyl (C=O) groups is 1. The summed E-state index contributed by atoms with van der Waals surface area (Å²) in [4.78, 5) is 11.8. The maximum Gasteiger partial charge on any atom is 0.234 e. The summed E-state index contributed by atoms with van der Waals surface area (Å²) < 4.78 is 41.2. The molecule has 9 heteroatoms. The molecule has 2 aromatic heterocycles. The van der Waals surface area contributed by atoms with Gasteiger partial charge < -0.3 is 5.32 Å². The zero-order chi connectivity index (χ0) is 18.6. The summed E-state index contributed by atoms with van der Waals surface area (Å²) in [5.74, 6) is -0.958. The van der Waals surface area contributed by atoms with E-state index in [1.807, 2.05) is 0 Å². The van der Waals surface area contributed by atoms with Crippen molar-refractivity contribution in [2.24, 2.45) is 0 Å². The van der Waals surface area contributed by atoms with Crippen LogP contribution in [0.3, 0.4) is 0 Å². The fourth-order valence-electron chi connectivity index (χ4n) is 2.39. The van der Waals surface area contributed by atoms with Gasteiger partial charge in [-0.15, -0.1) is 0 Å². The third-order valence-electron chi connectivity index (χ3n) is 3.64. The molecule has 0 aliphatic carbocycles. The lowest BCUT2D eigenvalue weighted by Gasteiger charge is -2.09. The number of amides is 1. The summed E-state index contributed by atoms with van der Waals surface area (Å²) in [6, 6.07) is 10.6. The Morgan fingerprint density at radius 1 is 1.15 bits per heavy atom. The fraction of sp³-hybridized carbons (Fsp3) is 0.176. The molecular weight excluding hydrogens is 359 g/mol. The first-order chi connectivity index (χ1) is 12.4. The highest BCUT2D eigenvalue weighted by Crippen LogP contribution is 2.13. The number of sulfonamides is 1. The number of hydrogen-bond acceptors (Lipinski definition) is 4. The van der Waals surface area contributed by atoms with Gasteiger partial charge in [-0.05, 0) is 35.9 Å². The summed E-state index contributed by atoms with van der Waals surface area (Å²) in [5, 5.41) is 6.58. The smallest absolute Gasteiger partial charge is 0.234 e. The van der Waals surface area contributed by atoms with Crippen molar-refractivity contribution in [3.05, 3.63) is 66.2 Å². The number of nitrogens with one attached hydrogen (secondary N) is 2. The third-order valence-corrected chi connectivity index (χ3v) is 4.93. The van der Waals surface area contributed by atoms with Crippen LogP contribution in [0.5, 0.6) is 0 Å².